The normalized spacial score (nSPS) is 22.0. The number of nitrogens with one attached hydrogen (secondary N) is 1. The highest BCUT2D eigenvalue weighted by Gasteiger charge is 2.37. The predicted molar refractivity (Wildman–Crippen MR) is 80.7 cm³/mol. The van der Waals surface area contributed by atoms with Gasteiger partial charge in [0.15, 0.2) is 0 Å². The van der Waals surface area contributed by atoms with Crippen LogP contribution in [0.4, 0.5) is 0 Å². The minimum absolute atomic E-state index is 0.00331. The van der Waals surface area contributed by atoms with Crippen LogP contribution in [0, 0.1) is 0 Å². The third kappa shape index (κ3) is 3.79. The molecule has 6 nitrogen and oxygen atoms in total. The van der Waals surface area contributed by atoms with Gasteiger partial charge in [-0.1, -0.05) is 0 Å². The molecule has 0 aromatic carbocycles. The molecule has 2 rings (SSSR count). The highest BCUT2D eigenvalue weighted by molar-refractivity contribution is 9.10. The molecule has 0 spiro atoms. The molecule has 0 aliphatic carbocycles. The van der Waals surface area contributed by atoms with E-state index in [1.54, 1.807) is 23.2 Å². The smallest absolute Gasteiger partial charge is 0.273 e. The topological polar surface area (TPSA) is 82.5 Å². The molecule has 114 valence electrons. The van der Waals surface area contributed by atoms with Gasteiger partial charge in [-0.2, -0.15) is 0 Å². The van der Waals surface area contributed by atoms with E-state index >= 15 is 0 Å². The summed E-state index contributed by atoms with van der Waals surface area (Å²) in [4.78, 5) is 29.6. The van der Waals surface area contributed by atoms with Crippen LogP contribution < -0.4 is 5.32 Å². The Labute approximate surface area is 131 Å². The van der Waals surface area contributed by atoms with Crippen LogP contribution in [0.25, 0.3) is 0 Å². The van der Waals surface area contributed by atoms with Crippen LogP contribution in [-0.2, 0) is 4.79 Å². The second-order valence-corrected chi connectivity index (χ2v) is 6.09. The number of hydrogen-bond acceptors (Lipinski definition) is 4. The number of pyridine rings is 1. The summed E-state index contributed by atoms with van der Waals surface area (Å²) < 4.78 is 0.621. The van der Waals surface area contributed by atoms with Gasteiger partial charge in [0, 0.05) is 24.3 Å². The first kappa shape index (κ1) is 15.9. The SMILES string of the molecule is CNC(=O)CC1(O)CCCN(C(=O)c2ncccc2Br)C1. The van der Waals surface area contributed by atoms with Gasteiger partial charge < -0.3 is 15.3 Å². The van der Waals surface area contributed by atoms with Crippen LogP contribution in [0.1, 0.15) is 29.8 Å². The minimum Gasteiger partial charge on any atom is -0.388 e. The Hall–Kier alpha value is -1.47. The molecular formula is C14H18BrN3O3. The van der Waals surface area contributed by atoms with Gasteiger partial charge in [-0.15, -0.1) is 0 Å². The number of aromatic nitrogens is 1. The second kappa shape index (κ2) is 6.53. The van der Waals surface area contributed by atoms with Crippen LogP contribution in [0.15, 0.2) is 22.8 Å². The molecule has 21 heavy (non-hydrogen) atoms. The van der Waals surface area contributed by atoms with Gasteiger partial charge in [-0.25, -0.2) is 4.98 Å². The molecule has 1 unspecified atom stereocenters. The summed E-state index contributed by atoms with van der Waals surface area (Å²) in [5, 5.41) is 13.0. The van der Waals surface area contributed by atoms with E-state index < -0.39 is 5.60 Å². The maximum Gasteiger partial charge on any atom is 0.273 e. The van der Waals surface area contributed by atoms with Crippen molar-refractivity contribution in [3.8, 4) is 0 Å². The zero-order valence-electron chi connectivity index (χ0n) is 11.8. The number of aliphatic hydroxyl groups is 1. The van der Waals surface area contributed by atoms with Crippen molar-refractivity contribution >= 4 is 27.7 Å². The number of β-amino-alcohol motifs (C(OH)–C–C–N with tert-alkyl or cyclic N) is 1. The molecule has 0 saturated carbocycles. The zero-order valence-corrected chi connectivity index (χ0v) is 13.4. The Kier molecular flexibility index (Phi) is 4.95. The fourth-order valence-electron chi connectivity index (χ4n) is 2.51. The predicted octanol–water partition coefficient (Wildman–Crippen LogP) is 0.947. The van der Waals surface area contributed by atoms with Gasteiger partial charge in [0.1, 0.15) is 5.69 Å². The number of carbonyl (C=O) groups excluding carboxylic acids is 2. The minimum atomic E-state index is -1.17. The molecule has 2 amide bonds. The monoisotopic (exact) mass is 355 g/mol. The van der Waals surface area contributed by atoms with E-state index in [0.717, 1.165) is 0 Å². The van der Waals surface area contributed by atoms with Crippen LogP contribution in [-0.4, -0.2) is 52.5 Å². The van der Waals surface area contributed by atoms with E-state index in [0.29, 0.717) is 29.6 Å². The first-order valence-corrected chi connectivity index (χ1v) is 7.57. The maximum atomic E-state index is 12.5. The molecule has 2 heterocycles. The fourth-order valence-corrected chi connectivity index (χ4v) is 2.93. The van der Waals surface area contributed by atoms with Gasteiger partial charge in [0.2, 0.25) is 5.91 Å². The van der Waals surface area contributed by atoms with Crippen LogP contribution in [0.2, 0.25) is 0 Å². The first-order valence-electron chi connectivity index (χ1n) is 6.78. The molecule has 7 heteroatoms. The summed E-state index contributed by atoms with van der Waals surface area (Å²) in [5.74, 6) is -0.469. The number of likely N-dealkylation sites (tertiary alicyclic amines) is 1. The molecule has 0 bridgehead atoms. The molecule has 1 atom stereocenters. The Bertz CT molecular complexity index is 552. The standard InChI is InChI=1S/C14H18BrN3O3/c1-16-11(19)8-14(21)5-3-7-18(9-14)13(20)12-10(15)4-2-6-17-12/h2,4,6,21H,3,5,7-9H2,1H3,(H,16,19). The lowest BCUT2D eigenvalue weighted by atomic mass is 9.89. The Morgan fingerprint density at radius 3 is 3.00 bits per heavy atom. The summed E-state index contributed by atoms with van der Waals surface area (Å²) >= 11 is 3.31. The second-order valence-electron chi connectivity index (χ2n) is 5.24. The highest BCUT2D eigenvalue weighted by atomic mass is 79.9. The Balaban J connectivity index is 2.12. The summed E-state index contributed by atoms with van der Waals surface area (Å²) in [6.45, 7) is 0.695. The van der Waals surface area contributed by atoms with Crippen molar-refractivity contribution in [1.82, 2.24) is 15.2 Å². The number of hydrogen-bond donors (Lipinski definition) is 2. The van der Waals surface area contributed by atoms with E-state index in [9.17, 15) is 14.7 Å². The molecule has 1 saturated heterocycles. The summed E-state index contributed by atoms with van der Waals surface area (Å²) in [5.41, 5.74) is -0.850. The number of halogens is 1. The summed E-state index contributed by atoms with van der Waals surface area (Å²) in [7, 11) is 1.53. The average Bonchev–Trinajstić information content (AvgIpc) is 2.46. The quantitative estimate of drug-likeness (QED) is 0.845. The third-order valence-corrected chi connectivity index (χ3v) is 4.21. The largest absolute Gasteiger partial charge is 0.388 e. The Morgan fingerprint density at radius 1 is 1.57 bits per heavy atom. The summed E-state index contributed by atoms with van der Waals surface area (Å²) in [6.07, 6.45) is 2.71. The lowest BCUT2D eigenvalue weighted by molar-refractivity contribution is -0.127. The number of piperidine rings is 1. The number of rotatable bonds is 3. The molecular weight excluding hydrogens is 338 g/mol. The molecule has 0 radical (unpaired) electrons. The van der Waals surface area contributed by atoms with E-state index in [-0.39, 0.29) is 24.8 Å². The van der Waals surface area contributed by atoms with Crippen LogP contribution in [0.5, 0.6) is 0 Å². The molecule has 1 aliphatic rings. The van der Waals surface area contributed by atoms with Crippen molar-refractivity contribution in [2.75, 3.05) is 20.1 Å². The van der Waals surface area contributed by atoms with Crippen LogP contribution in [0.3, 0.4) is 0 Å². The average molecular weight is 356 g/mol. The van der Waals surface area contributed by atoms with Crippen molar-refractivity contribution in [2.24, 2.45) is 0 Å². The molecule has 1 aromatic rings. The molecule has 1 aromatic heterocycles. The van der Waals surface area contributed by atoms with Crippen molar-refractivity contribution in [2.45, 2.75) is 24.9 Å². The van der Waals surface area contributed by atoms with Gasteiger partial charge in [0.05, 0.1) is 18.6 Å². The molecule has 2 N–H and O–H groups in total. The number of amides is 2. The van der Waals surface area contributed by atoms with Crippen molar-refractivity contribution < 1.29 is 14.7 Å². The highest BCUT2D eigenvalue weighted by Crippen LogP contribution is 2.26. The van der Waals surface area contributed by atoms with E-state index in [2.05, 4.69) is 26.2 Å². The van der Waals surface area contributed by atoms with E-state index in [4.69, 9.17) is 0 Å². The van der Waals surface area contributed by atoms with Crippen molar-refractivity contribution in [1.29, 1.82) is 0 Å². The Morgan fingerprint density at radius 2 is 2.33 bits per heavy atom. The molecule has 1 fully saturated rings. The maximum absolute atomic E-state index is 12.5. The number of carbonyl (C=O) groups is 2. The number of nitrogens with zero attached hydrogens (tertiary/aromatic N) is 2. The molecule has 1 aliphatic heterocycles. The van der Waals surface area contributed by atoms with Crippen molar-refractivity contribution in [3.05, 3.63) is 28.5 Å². The summed E-state index contributed by atoms with van der Waals surface area (Å²) in [6, 6.07) is 3.49. The van der Waals surface area contributed by atoms with Crippen molar-refractivity contribution in [3.63, 3.8) is 0 Å². The zero-order chi connectivity index (χ0) is 15.5. The van der Waals surface area contributed by atoms with Gasteiger partial charge in [0.25, 0.3) is 5.91 Å². The van der Waals surface area contributed by atoms with Crippen LogP contribution >= 0.6 is 15.9 Å². The lowest BCUT2D eigenvalue weighted by Crippen LogP contribution is -2.52. The van der Waals surface area contributed by atoms with Gasteiger partial charge in [-0.3, -0.25) is 9.59 Å². The fraction of sp³-hybridized carbons (Fsp3) is 0.500. The first-order chi connectivity index (χ1) is 9.95. The lowest BCUT2D eigenvalue weighted by Gasteiger charge is -2.38. The van der Waals surface area contributed by atoms with E-state index in [1.807, 2.05) is 0 Å². The van der Waals surface area contributed by atoms with Gasteiger partial charge >= 0.3 is 0 Å². The van der Waals surface area contributed by atoms with Gasteiger partial charge in [-0.05, 0) is 40.9 Å². The third-order valence-electron chi connectivity index (χ3n) is 3.57. The van der Waals surface area contributed by atoms with E-state index in [1.165, 1.54) is 7.05 Å².